The molecule has 1 N–H and O–H groups in total. The number of nitrogens with one attached hydrogen (secondary N) is 1. The molecule has 22 heavy (non-hydrogen) atoms. The second kappa shape index (κ2) is 7.46. The molecule has 0 aromatic heterocycles. The molecular weight excluding hydrogens is 274 g/mol. The molecule has 3 nitrogen and oxygen atoms in total. The van der Waals surface area contributed by atoms with E-state index in [-0.39, 0.29) is 11.9 Å². The van der Waals surface area contributed by atoms with E-state index in [0.717, 1.165) is 16.9 Å². The highest BCUT2D eigenvalue weighted by molar-refractivity contribution is 5.92. The third-order valence-electron chi connectivity index (χ3n) is 3.47. The standard InChI is InChI=1S/C19H21NO2/c1-14-8-10-16(11-9-14)12-13-19(21)20-15(2)17-6-4-5-7-18(17)22-3/h4-13,15H,1-3H3,(H,20,21)/b13-12+/t15-/m1/s1. The Morgan fingerprint density at radius 2 is 1.82 bits per heavy atom. The summed E-state index contributed by atoms with van der Waals surface area (Å²) in [6.45, 7) is 3.98. The van der Waals surface area contributed by atoms with Crippen LogP contribution in [0.1, 0.15) is 29.7 Å². The fourth-order valence-corrected chi connectivity index (χ4v) is 2.21. The second-order valence-electron chi connectivity index (χ2n) is 5.22. The number of ether oxygens (including phenoxy) is 1. The zero-order chi connectivity index (χ0) is 15.9. The van der Waals surface area contributed by atoms with Crippen molar-refractivity contribution in [3.63, 3.8) is 0 Å². The van der Waals surface area contributed by atoms with Crippen molar-refractivity contribution >= 4 is 12.0 Å². The zero-order valence-electron chi connectivity index (χ0n) is 13.2. The van der Waals surface area contributed by atoms with Crippen LogP contribution in [0.5, 0.6) is 5.75 Å². The molecule has 1 atom stereocenters. The molecule has 2 aromatic rings. The molecule has 0 unspecified atom stereocenters. The fourth-order valence-electron chi connectivity index (χ4n) is 2.21. The van der Waals surface area contributed by atoms with E-state index in [2.05, 4.69) is 5.32 Å². The number of methoxy groups -OCH3 is 1. The van der Waals surface area contributed by atoms with E-state index in [0.29, 0.717) is 0 Å². The maximum atomic E-state index is 12.0. The molecule has 0 aliphatic carbocycles. The van der Waals surface area contributed by atoms with Gasteiger partial charge in [0.05, 0.1) is 13.2 Å². The topological polar surface area (TPSA) is 38.3 Å². The van der Waals surface area contributed by atoms with Crippen LogP contribution in [-0.4, -0.2) is 13.0 Å². The third-order valence-corrected chi connectivity index (χ3v) is 3.47. The van der Waals surface area contributed by atoms with Crippen LogP contribution in [0.3, 0.4) is 0 Å². The fraction of sp³-hybridized carbons (Fsp3) is 0.211. The molecular formula is C19H21NO2. The molecule has 2 aromatic carbocycles. The summed E-state index contributed by atoms with van der Waals surface area (Å²) in [6.07, 6.45) is 3.36. The van der Waals surface area contributed by atoms with Crippen molar-refractivity contribution in [3.05, 3.63) is 71.3 Å². The predicted octanol–water partition coefficient (Wildman–Crippen LogP) is 3.89. The van der Waals surface area contributed by atoms with Gasteiger partial charge in [-0.05, 0) is 31.6 Å². The van der Waals surface area contributed by atoms with Crippen molar-refractivity contribution < 1.29 is 9.53 Å². The summed E-state index contributed by atoms with van der Waals surface area (Å²) in [5.74, 6) is 0.650. The number of para-hydroxylation sites is 1. The molecule has 0 bridgehead atoms. The average Bonchev–Trinajstić information content (AvgIpc) is 2.54. The van der Waals surface area contributed by atoms with Gasteiger partial charge in [0.15, 0.2) is 0 Å². The highest BCUT2D eigenvalue weighted by Crippen LogP contribution is 2.24. The normalized spacial score (nSPS) is 12.1. The van der Waals surface area contributed by atoms with Crippen molar-refractivity contribution in [2.75, 3.05) is 7.11 Å². The van der Waals surface area contributed by atoms with Crippen LogP contribution in [0.25, 0.3) is 6.08 Å². The summed E-state index contributed by atoms with van der Waals surface area (Å²) in [6, 6.07) is 15.6. The average molecular weight is 295 g/mol. The number of amides is 1. The largest absolute Gasteiger partial charge is 0.496 e. The van der Waals surface area contributed by atoms with Gasteiger partial charge in [0.25, 0.3) is 0 Å². The van der Waals surface area contributed by atoms with Gasteiger partial charge in [0, 0.05) is 11.6 Å². The second-order valence-corrected chi connectivity index (χ2v) is 5.22. The molecule has 0 saturated carbocycles. The van der Waals surface area contributed by atoms with Crippen molar-refractivity contribution in [1.29, 1.82) is 0 Å². The van der Waals surface area contributed by atoms with E-state index in [4.69, 9.17) is 4.74 Å². The molecule has 0 aliphatic rings. The minimum Gasteiger partial charge on any atom is -0.496 e. The Morgan fingerprint density at radius 3 is 2.50 bits per heavy atom. The molecule has 0 saturated heterocycles. The number of benzene rings is 2. The van der Waals surface area contributed by atoms with Gasteiger partial charge in [-0.3, -0.25) is 4.79 Å². The van der Waals surface area contributed by atoms with E-state index >= 15 is 0 Å². The van der Waals surface area contributed by atoms with E-state index in [1.165, 1.54) is 5.56 Å². The predicted molar refractivity (Wildman–Crippen MR) is 89.8 cm³/mol. The number of carbonyl (C=O) groups excluding carboxylic acids is 1. The van der Waals surface area contributed by atoms with Crippen molar-refractivity contribution in [3.8, 4) is 5.75 Å². The maximum absolute atomic E-state index is 12.0. The minimum absolute atomic E-state index is 0.119. The molecule has 0 aliphatic heterocycles. The first-order valence-corrected chi connectivity index (χ1v) is 7.28. The summed E-state index contributed by atoms with van der Waals surface area (Å²) >= 11 is 0. The van der Waals surface area contributed by atoms with Gasteiger partial charge >= 0.3 is 0 Å². The summed E-state index contributed by atoms with van der Waals surface area (Å²) in [4.78, 5) is 12.0. The van der Waals surface area contributed by atoms with Crippen LogP contribution in [0.4, 0.5) is 0 Å². The summed E-state index contributed by atoms with van der Waals surface area (Å²) in [5.41, 5.74) is 3.17. The van der Waals surface area contributed by atoms with E-state index < -0.39 is 0 Å². The van der Waals surface area contributed by atoms with Gasteiger partial charge in [-0.1, -0.05) is 48.0 Å². The minimum atomic E-state index is -0.126. The number of hydrogen-bond acceptors (Lipinski definition) is 2. The summed E-state index contributed by atoms with van der Waals surface area (Å²) in [7, 11) is 1.63. The van der Waals surface area contributed by atoms with Gasteiger partial charge < -0.3 is 10.1 Å². The Hall–Kier alpha value is -2.55. The van der Waals surface area contributed by atoms with Crippen molar-refractivity contribution in [2.24, 2.45) is 0 Å². The molecule has 0 heterocycles. The Bertz CT molecular complexity index is 659. The first-order valence-electron chi connectivity index (χ1n) is 7.28. The van der Waals surface area contributed by atoms with Crippen LogP contribution in [0.15, 0.2) is 54.6 Å². The first kappa shape index (κ1) is 15.8. The Morgan fingerprint density at radius 1 is 1.14 bits per heavy atom. The van der Waals surface area contributed by atoms with Crippen LogP contribution in [-0.2, 0) is 4.79 Å². The van der Waals surface area contributed by atoms with Crippen LogP contribution < -0.4 is 10.1 Å². The van der Waals surface area contributed by atoms with Crippen LogP contribution in [0, 0.1) is 6.92 Å². The lowest BCUT2D eigenvalue weighted by Gasteiger charge is -2.16. The summed E-state index contributed by atoms with van der Waals surface area (Å²) in [5, 5.41) is 2.95. The van der Waals surface area contributed by atoms with Crippen LogP contribution >= 0.6 is 0 Å². The van der Waals surface area contributed by atoms with Gasteiger partial charge in [-0.25, -0.2) is 0 Å². The highest BCUT2D eigenvalue weighted by Gasteiger charge is 2.11. The van der Waals surface area contributed by atoms with E-state index in [9.17, 15) is 4.79 Å². The lowest BCUT2D eigenvalue weighted by Crippen LogP contribution is -2.24. The quantitative estimate of drug-likeness (QED) is 0.850. The smallest absolute Gasteiger partial charge is 0.244 e. The first-order chi connectivity index (χ1) is 10.6. The molecule has 3 heteroatoms. The van der Waals surface area contributed by atoms with Crippen LogP contribution in [0.2, 0.25) is 0 Å². The lowest BCUT2D eigenvalue weighted by atomic mass is 10.1. The molecule has 0 spiro atoms. The Balaban J connectivity index is 2.00. The van der Waals surface area contributed by atoms with Gasteiger partial charge in [0.2, 0.25) is 5.91 Å². The zero-order valence-corrected chi connectivity index (χ0v) is 13.2. The van der Waals surface area contributed by atoms with Gasteiger partial charge in [-0.15, -0.1) is 0 Å². The molecule has 1 amide bonds. The summed E-state index contributed by atoms with van der Waals surface area (Å²) < 4.78 is 5.32. The van der Waals surface area contributed by atoms with E-state index in [1.807, 2.05) is 68.5 Å². The number of hydrogen-bond donors (Lipinski definition) is 1. The van der Waals surface area contributed by atoms with Gasteiger partial charge in [-0.2, -0.15) is 0 Å². The van der Waals surface area contributed by atoms with Crippen molar-refractivity contribution in [1.82, 2.24) is 5.32 Å². The maximum Gasteiger partial charge on any atom is 0.244 e. The molecule has 2 rings (SSSR count). The SMILES string of the molecule is COc1ccccc1[C@@H](C)NC(=O)/C=C/c1ccc(C)cc1. The van der Waals surface area contributed by atoms with Crippen molar-refractivity contribution in [2.45, 2.75) is 19.9 Å². The molecule has 0 fully saturated rings. The Kier molecular flexibility index (Phi) is 5.37. The van der Waals surface area contributed by atoms with Gasteiger partial charge in [0.1, 0.15) is 5.75 Å². The lowest BCUT2D eigenvalue weighted by molar-refractivity contribution is -0.117. The number of carbonyl (C=O) groups is 1. The number of aryl methyl sites for hydroxylation is 1. The number of rotatable bonds is 5. The molecule has 0 radical (unpaired) electrons. The van der Waals surface area contributed by atoms with E-state index in [1.54, 1.807) is 13.2 Å². The third kappa shape index (κ3) is 4.22. The molecule has 114 valence electrons. The Labute approximate surface area is 131 Å². The highest BCUT2D eigenvalue weighted by atomic mass is 16.5. The monoisotopic (exact) mass is 295 g/mol.